The predicted octanol–water partition coefficient (Wildman–Crippen LogP) is 1.86. The van der Waals surface area contributed by atoms with Crippen molar-refractivity contribution < 1.29 is 9.84 Å². The Kier molecular flexibility index (Phi) is 7.20. The van der Waals surface area contributed by atoms with Gasteiger partial charge in [0.05, 0.1) is 12.7 Å². The van der Waals surface area contributed by atoms with E-state index >= 15 is 0 Å². The first-order valence-electron chi connectivity index (χ1n) is 6.15. The third-order valence-electron chi connectivity index (χ3n) is 2.26. The molecule has 1 aromatic rings. The second kappa shape index (κ2) is 8.43. The number of hydrogen-bond acceptors (Lipinski definition) is 4. The van der Waals surface area contributed by atoms with Crippen molar-refractivity contribution in [3.05, 3.63) is 29.0 Å². The number of aliphatic hydroxyl groups excluding tert-OH is 1. The summed E-state index contributed by atoms with van der Waals surface area (Å²) in [5, 5.41) is 13.3. The van der Waals surface area contributed by atoms with E-state index in [1.54, 1.807) is 12.3 Å². The first-order chi connectivity index (χ1) is 8.58. The van der Waals surface area contributed by atoms with Crippen LogP contribution in [0.3, 0.4) is 0 Å². The van der Waals surface area contributed by atoms with Gasteiger partial charge in [-0.3, -0.25) is 0 Å². The van der Waals surface area contributed by atoms with Crippen LogP contribution in [0.5, 0.6) is 0 Å². The van der Waals surface area contributed by atoms with Gasteiger partial charge in [0.15, 0.2) is 0 Å². The molecule has 18 heavy (non-hydrogen) atoms. The van der Waals surface area contributed by atoms with Gasteiger partial charge in [-0.05, 0) is 17.5 Å². The van der Waals surface area contributed by atoms with Gasteiger partial charge in [0.25, 0.3) is 0 Å². The smallest absolute Gasteiger partial charge is 0.129 e. The summed E-state index contributed by atoms with van der Waals surface area (Å²) in [6.07, 6.45) is 1.24. The fourth-order valence-electron chi connectivity index (χ4n) is 1.39. The van der Waals surface area contributed by atoms with Crippen LogP contribution in [0, 0.1) is 5.92 Å². The van der Waals surface area contributed by atoms with Crippen LogP contribution in [0.2, 0.25) is 5.15 Å². The van der Waals surface area contributed by atoms with E-state index in [0.29, 0.717) is 37.4 Å². The van der Waals surface area contributed by atoms with Crippen molar-refractivity contribution in [1.82, 2.24) is 10.3 Å². The number of nitrogens with one attached hydrogen (secondary N) is 1. The lowest BCUT2D eigenvalue weighted by Gasteiger charge is -2.13. The van der Waals surface area contributed by atoms with Crippen LogP contribution in [0.25, 0.3) is 0 Å². The van der Waals surface area contributed by atoms with Crippen molar-refractivity contribution in [3.63, 3.8) is 0 Å². The molecule has 0 spiro atoms. The molecule has 0 bridgehead atoms. The second-order valence-electron chi connectivity index (χ2n) is 4.71. The van der Waals surface area contributed by atoms with Crippen molar-refractivity contribution >= 4 is 11.6 Å². The van der Waals surface area contributed by atoms with Crippen molar-refractivity contribution in [2.75, 3.05) is 19.8 Å². The maximum atomic E-state index is 9.66. The number of aliphatic hydroxyl groups is 1. The molecule has 0 aromatic carbocycles. The predicted molar refractivity (Wildman–Crippen MR) is 72.6 cm³/mol. The number of ether oxygens (including phenoxy) is 1. The van der Waals surface area contributed by atoms with E-state index in [4.69, 9.17) is 16.3 Å². The van der Waals surface area contributed by atoms with Gasteiger partial charge in [-0.1, -0.05) is 31.5 Å². The number of pyridine rings is 1. The monoisotopic (exact) mass is 272 g/mol. The highest BCUT2D eigenvalue weighted by molar-refractivity contribution is 6.29. The van der Waals surface area contributed by atoms with E-state index in [1.807, 2.05) is 6.07 Å². The highest BCUT2D eigenvalue weighted by Gasteiger charge is 2.04. The average molecular weight is 273 g/mol. The molecular weight excluding hydrogens is 252 g/mol. The van der Waals surface area contributed by atoms with Crippen LogP contribution in [0.1, 0.15) is 19.4 Å². The topological polar surface area (TPSA) is 54.4 Å². The fraction of sp³-hybridized carbons (Fsp3) is 0.615. The van der Waals surface area contributed by atoms with Crippen LogP contribution in [0.4, 0.5) is 0 Å². The maximum absolute atomic E-state index is 9.66. The molecule has 2 N–H and O–H groups in total. The lowest BCUT2D eigenvalue weighted by Crippen LogP contribution is -2.30. The van der Waals surface area contributed by atoms with Crippen LogP contribution < -0.4 is 5.32 Å². The highest BCUT2D eigenvalue weighted by atomic mass is 35.5. The third-order valence-corrected chi connectivity index (χ3v) is 2.48. The van der Waals surface area contributed by atoms with E-state index in [9.17, 15) is 5.11 Å². The second-order valence-corrected chi connectivity index (χ2v) is 5.09. The van der Waals surface area contributed by atoms with Crippen molar-refractivity contribution in [2.24, 2.45) is 5.92 Å². The summed E-state index contributed by atoms with van der Waals surface area (Å²) in [4.78, 5) is 3.98. The molecule has 0 amide bonds. The maximum Gasteiger partial charge on any atom is 0.129 e. The van der Waals surface area contributed by atoms with Gasteiger partial charge in [0.2, 0.25) is 0 Å². The first-order valence-corrected chi connectivity index (χ1v) is 6.52. The summed E-state index contributed by atoms with van der Waals surface area (Å²) >= 11 is 5.69. The van der Waals surface area contributed by atoms with E-state index in [1.165, 1.54) is 0 Å². The summed E-state index contributed by atoms with van der Waals surface area (Å²) in [6, 6.07) is 3.66. The van der Waals surface area contributed by atoms with Gasteiger partial charge in [0.1, 0.15) is 5.15 Å². The molecule has 0 aliphatic heterocycles. The lowest BCUT2D eigenvalue weighted by atomic mass is 10.2. The van der Waals surface area contributed by atoms with Gasteiger partial charge in [-0.2, -0.15) is 0 Å². The zero-order chi connectivity index (χ0) is 13.4. The zero-order valence-electron chi connectivity index (χ0n) is 10.9. The first kappa shape index (κ1) is 15.4. The summed E-state index contributed by atoms with van der Waals surface area (Å²) in [6.45, 7) is 6.37. The molecular formula is C13H21ClN2O2. The van der Waals surface area contributed by atoms with E-state index < -0.39 is 6.10 Å². The van der Waals surface area contributed by atoms with E-state index in [-0.39, 0.29) is 0 Å². The zero-order valence-corrected chi connectivity index (χ0v) is 11.7. The minimum absolute atomic E-state index is 0.365. The van der Waals surface area contributed by atoms with Gasteiger partial charge in [0, 0.05) is 25.9 Å². The Morgan fingerprint density at radius 3 is 2.78 bits per heavy atom. The highest BCUT2D eigenvalue weighted by Crippen LogP contribution is 2.04. The Labute approximate surface area is 113 Å². The standard InChI is InChI=1S/C13H21ClN2O2/c1-10(2)8-18-9-12(17)7-15-5-11-3-4-13(14)16-6-11/h3-4,6,10,12,15,17H,5,7-9H2,1-2H3. The molecule has 1 rings (SSSR count). The molecule has 5 heteroatoms. The molecule has 0 aliphatic rings. The molecule has 0 saturated carbocycles. The fourth-order valence-corrected chi connectivity index (χ4v) is 1.50. The molecule has 1 heterocycles. The number of hydrogen-bond donors (Lipinski definition) is 2. The summed E-state index contributed by atoms with van der Waals surface area (Å²) in [5.74, 6) is 0.491. The average Bonchev–Trinajstić information content (AvgIpc) is 2.31. The van der Waals surface area contributed by atoms with Crippen LogP contribution >= 0.6 is 11.6 Å². The Morgan fingerprint density at radius 1 is 1.39 bits per heavy atom. The van der Waals surface area contributed by atoms with Crippen LogP contribution in [-0.2, 0) is 11.3 Å². The van der Waals surface area contributed by atoms with Gasteiger partial charge in [-0.25, -0.2) is 4.98 Å². The Morgan fingerprint density at radius 2 is 2.17 bits per heavy atom. The van der Waals surface area contributed by atoms with Crippen LogP contribution in [-0.4, -0.2) is 36.0 Å². The lowest BCUT2D eigenvalue weighted by molar-refractivity contribution is 0.0260. The molecule has 0 radical (unpaired) electrons. The Bertz CT molecular complexity index is 330. The van der Waals surface area contributed by atoms with E-state index in [2.05, 4.69) is 24.1 Å². The molecule has 1 atom stereocenters. The van der Waals surface area contributed by atoms with Gasteiger partial charge < -0.3 is 15.2 Å². The molecule has 4 nitrogen and oxygen atoms in total. The number of rotatable bonds is 8. The molecule has 1 unspecified atom stereocenters. The summed E-state index contributed by atoms with van der Waals surface area (Å²) in [7, 11) is 0. The van der Waals surface area contributed by atoms with Crippen LogP contribution in [0.15, 0.2) is 18.3 Å². The summed E-state index contributed by atoms with van der Waals surface area (Å²) in [5.41, 5.74) is 1.04. The minimum atomic E-state index is -0.482. The Hall–Kier alpha value is -0.680. The Balaban J connectivity index is 2.11. The van der Waals surface area contributed by atoms with Crippen molar-refractivity contribution in [1.29, 1.82) is 0 Å². The summed E-state index contributed by atoms with van der Waals surface area (Å²) < 4.78 is 5.36. The molecule has 0 saturated heterocycles. The quantitative estimate of drug-likeness (QED) is 0.710. The minimum Gasteiger partial charge on any atom is -0.389 e. The van der Waals surface area contributed by atoms with Gasteiger partial charge in [-0.15, -0.1) is 0 Å². The van der Waals surface area contributed by atoms with Gasteiger partial charge >= 0.3 is 0 Å². The number of aromatic nitrogens is 1. The third kappa shape index (κ3) is 6.91. The number of nitrogens with zero attached hydrogens (tertiary/aromatic N) is 1. The molecule has 0 aliphatic carbocycles. The van der Waals surface area contributed by atoms with Crippen molar-refractivity contribution in [3.8, 4) is 0 Å². The molecule has 1 aromatic heterocycles. The number of halogens is 1. The van der Waals surface area contributed by atoms with Crippen molar-refractivity contribution in [2.45, 2.75) is 26.5 Å². The largest absolute Gasteiger partial charge is 0.389 e. The van der Waals surface area contributed by atoms with E-state index in [0.717, 1.165) is 5.56 Å². The molecule has 0 fully saturated rings. The SMILES string of the molecule is CC(C)COCC(O)CNCc1ccc(Cl)nc1. The normalized spacial score (nSPS) is 12.9. The molecule has 102 valence electrons.